The Bertz CT molecular complexity index is 1310. The van der Waals surface area contributed by atoms with E-state index in [2.05, 4.69) is 16.3 Å². The number of fused-ring (bicyclic) bond motifs is 1. The second-order valence-corrected chi connectivity index (χ2v) is 7.68. The number of rotatable bonds is 6. The molecular formula is C23H18ClN5O2. The molecule has 1 atom stereocenters. The predicted octanol–water partition coefficient (Wildman–Crippen LogP) is 4.46. The Labute approximate surface area is 183 Å². The molecule has 0 saturated heterocycles. The van der Waals surface area contributed by atoms with Crippen LogP contribution in [0.4, 0.5) is 0 Å². The quantitative estimate of drug-likeness (QED) is 0.485. The molecule has 0 fully saturated rings. The number of hydrogen-bond donors (Lipinski definition) is 1. The summed E-state index contributed by atoms with van der Waals surface area (Å²) in [6, 6.07) is 21.7. The molecule has 1 aromatic heterocycles. The fraction of sp³-hybridized carbons (Fsp3) is 0.130. The van der Waals surface area contributed by atoms with Gasteiger partial charge in [-0.05, 0) is 55.0 Å². The van der Waals surface area contributed by atoms with Crippen LogP contribution in [0.2, 0.25) is 5.02 Å². The molecule has 1 amide bonds. The van der Waals surface area contributed by atoms with Gasteiger partial charge in [0.05, 0.1) is 17.6 Å². The Morgan fingerprint density at radius 2 is 1.90 bits per heavy atom. The summed E-state index contributed by atoms with van der Waals surface area (Å²) in [4.78, 5) is 13.5. The molecule has 0 aliphatic rings. The van der Waals surface area contributed by atoms with Crippen molar-refractivity contribution in [3.63, 3.8) is 0 Å². The third-order valence-electron chi connectivity index (χ3n) is 4.94. The van der Waals surface area contributed by atoms with Gasteiger partial charge >= 0.3 is 0 Å². The minimum absolute atomic E-state index is 0.0869. The maximum atomic E-state index is 12.1. The number of ether oxygens (including phenoxy) is 1. The number of aromatic nitrogens is 3. The van der Waals surface area contributed by atoms with Crippen LogP contribution in [0.3, 0.4) is 0 Å². The van der Waals surface area contributed by atoms with E-state index in [0.29, 0.717) is 33.1 Å². The first kappa shape index (κ1) is 20.4. The van der Waals surface area contributed by atoms with Gasteiger partial charge in [-0.2, -0.15) is 20.3 Å². The summed E-state index contributed by atoms with van der Waals surface area (Å²) in [5, 5.41) is 19.4. The van der Waals surface area contributed by atoms with Gasteiger partial charge in [-0.25, -0.2) is 0 Å². The van der Waals surface area contributed by atoms with Crippen molar-refractivity contribution in [2.75, 3.05) is 0 Å². The number of hydrogen-bond acceptors (Lipinski definition) is 5. The van der Waals surface area contributed by atoms with Crippen molar-refractivity contribution in [3.8, 4) is 17.6 Å². The number of benzene rings is 3. The van der Waals surface area contributed by atoms with Crippen LogP contribution in [0.5, 0.6) is 11.5 Å². The highest BCUT2D eigenvalue weighted by atomic mass is 35.5. The summed E-state index contributed by atoms with van der Waals surface area (Å²) in [7, 11) is 0. The van der Waals surface area contributed by atoms with E-state index in [9.17, 15) is 10.1 Å². The number of nitriles is 1. The molecule has 4 aromatic rings. The summed E-state index contributed by atoms with van der Waals surface area (Å²) in [6.45, 7) is 1.79. The van der Waals surface area contributed by atoms with E-state index in [-0.39, 0.29) is 12.1 Å². The Kier molecular flexibility index (Phi) is 5.32. The highest BCUT2D eigenvalue weighted by Gasteiger charge is 2.33. The van der Waals surface area contributed by atoms with Crippen molar-refractivity contribution in [2.45, 2.75) is 18.9 Å². The standard InChI is InChI=1S/C23H18ClN5O2/c1-23(13-25,14-29-27-20-9-5-8-19(24)21(20)28-29)18-12-16(10-11-17(18)22(26)30)31-15-6-3-2-4-7-15/h2-12H,14H2,1H3,(H2,26,30). The molecule has 1 unspecified atom stereocenters. The van der Waals surface area contributed by atoms with Gasteiger partial charge in [0.2, 0.25) is 5.91 Å². The number of halogens is 1. The summed E-state index contributed by atoms with van der Waals surface area (Å²) >= 11 is 6.20. The Balaban J connectivity index is 1.75. The SMILES string of the molecule is CC(C#N)(Cn1nc2cccc(Cl)c2n1)c1cc(Oc2ccccc2)ccc1C(N)=O. The van der Waals surface area contributed by atoms with Crippen LogP contribution in [0.1, 0.15) is 22.8 Å². The summed E-state index contributed by atoms with van der Waals surface area (Å²) in [5.74, 6) is 0.479. The van der Waals surface area contributed by atoms with E-state index in [0.717, 1.165) is 0 Å². The van der Waals surface area contributed by atoms with Gasteiger partial charge in [-0.3, -0.25) is 4.79 Å². The van der Waals surface area contributed by atoms with E-state index in [1.165, 1.54) is 4.80 Å². The fourth-order valence-corrected chi connectivity index (χ4v) is 3.57. The lowest BCUT2D eigenvalue weighted by molar-refractivity contribution is 0.0998. The van der Waals surface area contributed by atoms with Crippen molar-refractivity contribution in [1.29, 1.82) is 5.26 Å². The number of carbonyl (C=O) groups excluding carboxylic acids is 1. The maximum Gasteiger partial charge on any atom is 0.249 e. The maximum absolute atomic E-state index is 12.1. The zero-order valence-corrected chi connectivity index (χ0v) is 17.4. The summed E-state index contributed by atoms with van der Waals surface area (Å²) in [6.07, 6.45) is 0. The molecule has 31 heavy (non-hydrogen) atoms. The van der Waals surface area contributed by atoms with E-state index in [4.69, 9.17) is 22.1 Å². The Morgan fingerprint density at radius 1 is 1.13 bits per heavy atom. The molecule has 0 aliphatic carbocycles. The van der Waals surface area contributed by atoms with E-state index >= 15 is 0 Å². The van der Waals surface area contributed by atoms with Crippen LogP contribution >= 0.6 is 11.6 Å². The minimum atomic E-state index is -1.16. The van der Waals surface area contributed by atoms with E-state index in [1.54, 1.807) is 43.3 Å². The van der Waals surface area contributed by atoms with Crippen molar-refractivity contribution in [2.24, 2.45) is 5.73 Å². The Hall–Kier alpha value is -3.89. The topological polar surface area (TPSA) is 107 Å². The van der Waals surface area contributed by atoms with E-state index in [1.807, 2.05) is 30.3 Å². The lowest BCUT2D eigenvalue weighted by Crippen LogP contribution is -2.31. The third kappa shape index (κ3) is 4.06. The molecule has 4 rings (SSSR count). The smallest absolute Gasteiger partial charge is 0.249 e. The van der Waals surface area contributed by atoms with Crippen LogP contribution < -0.4 is 10.5 Å². The first-order valence-electron chi connectivity index (χ1n) is 9.47. The van der Waals surface area contributed by atoms with Crippen molar-refractivity contribution >= 4 is 28.5 Å². The van der Waals surface area contributed by atoms with Gasteiger partial charge in [-0.1, -0.05) is 35.9 Å². The first-order chi connectivity index (χ1) is 14.9. The largest absolute Gasteiger partial charge is 0.457 e. The average molecular weight is 432 g/mol. The summed E-state index contributed by atoms with van der Waals surface area (Å²) < 4.78 is 5.89. The van der Waals surface area contributed by atoms with Crippen molar-refractivity contribution in [1.82, 2.24) is 15.0 Å². The Morgan fingerprint density at radius 3 is 2.58 bits per heavy atom. The highest BCUT2D eigenvalue weighted by molar-refractivity contribution is 6.34. The second-order valence-electron chi connectivity index (χ2n) is 7.27. The average Bonchev–Trinajstić information content (AvgIpc) is 3.18. The van der Waals surface area contributed by atoms with Crippen LogP contribution in [0.25, 0.3) is 11.0 Å². The van der Waals surface area contributed by atoms with Crippen LogP contribution in [0.15, 0.2) is 66.7 Å². The molecule has 8 heteroatoms. The molecule has 0 saturated carbocycles. The van der Waals surface area contributed by atoms with Crippen LogP contribution in [-0.2, 0) is 12.0 Å². The molecule has 0 radical (unpaired) electrons. The van der Waals surface area contributed by atoms with Gasteiger partial charge in [-0.15, -0.1) is 0 Å². The van der Waals surface area contributed by atoms with Gasteiger partial charge < -0.3 is 10.5 Å². The highest BCUT2D eigenvalue weighted by Crippen LogP contribution is 2.33. The molecule has 3 aromatic carbocycles. The van der Waals surface area contributed by atoms with Crippen LogP contribution in [0, 0.1) is 11.3 Å². The molecule has 0 spiro atoms. The zero-order valence-electron chi connectivity index (χ0n) is 16.6. The van der Waals surface area contributed by atoms with E-state index < -0.39 is 11.3 Å². The van der Waals surface area contributed by atoms with Gasteiger partial charge in [0.1, 0.15) is 27.9 Å². The fourth-order valence-electron chi connectivity index (χ4n) is 3.36. The number of nitrogens with two attached hydrogens (primary N) is 1. The monoisotopic (exact) mass is 431 g/mol. The second kappa shape index (κ2) is 8.09. The summed E-state index contributed by atoms with van der Waals surface area (Å²) in [5.41, 5.74) is 6.26. The zero-order chi connectivity index (χ0) is 22.0. The van der Waals surface area contributed by atoms with Gasteiger partial charge in [0, 0.05) is 5.56 Å². The van der Waals surface area contributed by atoms with Crippen molar-refractivity contribution in [3.05, 3.63) is 82.9 Å². The molecule has 0 bridgehead atoms. The van der Waals surface area contributed by atoms with Crippen molar-refractivity contribution < 1.29 is 9.53 Å². The number of para-hydroxylation sites is 1. The third-order valence-corrected chi connectivity index (χ3v) is 5.24. The number of amides is 1. The lowest BCUT2D eigenvalue weighted by atomic mass is 9.81. The molecule has 2 N–H and O–H groups in total. The molecule has 7 nitrogen and oxygen atoms in total. The normalized spacial score (nSPS) is 12.8. The molecular weight excluding hydrogens is 414 g/mol. The first-order valence-corrected chi connectivity index (χ1v) is 9.85. The van der Waals surface area contributed by atoms with Gasteiger partial charge in [0.15, 0.2) is 0 Å². The molecule has 154 valence electrons. The molecule has 0 aliphatic heterocycles. The van der Waals surface area contributed by atoms with Crippen LogP contribution in [-0.4, -0.2) is 20.9 Å². The number of primary amides is 1. The predicted molar refractivity (Wildman–Crippen MR) is 117 cm³/mol. The lowest BCUT2D eigenvalue weighted by Gasteiger charge is -2.24. The number of carbonyl (C=O) groups is 1. The number of nitrogens with zero attached hydrogens (tertiary/aromatic N) is 4. The minimum Gasteiger partial charge on any atom is -0.457 e. The molecule has 1 heterocycles. The van der Waals surface area contributed by atoms with Gasteiger partial charge in [0.25, 0.3) is 0 Å².